The maximum absolute atomic E-state index is 12.3. The van der Waals surface area contributed by atoms with Crippen LogP contribution in [0.4, 0.5) is 4.79 Å². The Labute approximate surface area is 131 Å². The third-order valence-corrected chi connectivity index (χ3v) is 4.48. The van der Waals surface area contributed by atoms with E-state index in [1.54, 1.807) is 11.8 Å². The van der Waals surface area contributed by atoms with E-state index in [0.29, 0.717) is 12.1 Å². The predicted octanol–water partition coefficient (Wildman–Crippen LogP) is 3.32. The lowest BCUT2D eigenvalue weighted by Gasteiger charge is -2.37. The topological polar surface area (TPSA) is 49.4 Å². The number of benzene rings is 1. The van der Waals surface area contributed by atoms with E-state index in [0.717, 1.165) is 22.2 Å². The van der Waals surface area contributed by atoms with Gasteiger partial charge in [0.2, 0.25) is 0 Å². The monoisotopic (exact) mass is 346 g/mol. The number of allylic oxidation sites excluding steroid dienone is 1. The van der Waals surface area contributed by atoms with Crippen LogP contribution in [0.5, 0.6) is 0 Å². The fourth-order valence-corrected chi connectivity index (χ4v) is 3.32. The number of carbonyl (C=O) groups excluding carboxylic acids is 2. The summed E-state index contributed by atoms with van der Waals surface area (Å²) in [5, 5.41) is 2.95. The standard InChI is InChI=1S/C16H15BrN2O2/c1-10(20)14-13-8-4-5-9-19(13)16(21)18-15(14)11-6-2-3-7-12(11)17/h2-4,6-8,15H,5,9H2,1H3,(H,18,21). The van der Waals surface area contributed by atoms with E-state index in [9.17, 15) is 9.59 Å². The van der Waals surface area contributed by atoms with Crippen LogP contribution in [0.3, 0.4) is 0 Å². The fraction of sp³-hybridized carbons (Fsp3) is 0.250. The molecule has 2 heterocycles. The van der Waals surface area contributed by atoms with Gasteiger partial charge in [0.05, 0.1) is 11.7 Å². The summed E-state index contributed by atoms with van der Waals surface area (Å²) < 4.78 is 0.878. The second kappa shape index (κ2) is 5.48. The number of carbonyl (C=O) groups is 2. The van der Waals surface area contributed by atoms with E-state index in [-0.39, 0.29) is 11.8 Å². The lowest BCUT2D eigenvalue weighted by atomic mass is 9.91. The zero-order valence-electron chi connectivity index (χ0n) is 11.6. The molecule has 2 aliphatic rings. The first-order valence-electron chi connectivity index (χ1n) is 6.83. The minimum atomic E-state index is -0.417. The summed E-state index contributed by atoms with van der Waals surface area (Å²) in [7, 11) is 0. The van der Waals surface area contributed by atoms with Crippen LogP contribution in [0.15, 0.2) is 52.2 Å². The summed E-state index contributed by atoms with van der Waals surface area (Å²) in [5.74, 6) is -0.0256. The number of hydrogen-bond acceptors (Lipinski definition) is 2. The van der Waals surface area contributed by atoms with Crippen molar-refractivity contribution in [2.24, 2.45) is 0 Å². The first-order valence-corrected chi connectivity index (χ1v) is 7.63. The summed E-state index contributed by atoms with van der Waals surface area (Å²) >= 11 is 3.50. The van der Waals surface area contributed by atoms with Crippen molar-refractivity contribution in [2.45, 2.75) is 19.4 Å². The molecule has 3 rings (SSSR count). The number of fused-ring (bicyclic) bond motifs is 1. The Hall–Kier alpha value is -1.88. The highest BCUT2D eigenvalue weighted by Gasteiger charge is 2.36. The van der Waals surface area contributed by atoms with Gasteiger partial charge in [0, 0.05) is 16.6 Å². The summed E-state index contributed by atoms with van der Waals surface area (Å²) in [6.07, 6.45) is 4.69. The van der Waals surface area contributed by atoms with E-state index in [1.807, 2.05) is 36.4 Å². The van der Waals surface area contributed by atoms with Crippen LogP contribution in [0.1, 0.15) is 24.9 Å². The SMILES string of the molecule is CC(=O)C1=C2C=CCCN2C(=O)NC1c1ccccc1Br. The van der Waals surface area contributed by atoms with Crippen molar-refractivity contribution in [3.8, 4) is 0 Å². The smallest absolute Gasteiger partial charge is 0.322 e. The maximum Gasteiger partial charge on any atom is 0.322 e. The molecule has 1 aromatic carbocycles. The molecule has 0 bridgehead atoms. The minimum Gasteiger partial charge on any atom is -0.327 e. The van der Waals surface area contributed by atoms with Crippen molar-refractivity contribution in [1.29, 1.82) is 0 Å². The van der Waals surface area contributed by atoms with E-state index < -0.39 is 6.04 Å². The average Bonchev–Trinajstić information content (AvgIpc) is 2.47. The van der Waals surface area contributed by atoms with Gasteiger partial charge in [0.15, 0.2) is 5.78 Å². The van der Waals surface area contributed by atoms with Crippen molar-refractivity contribution in [1.82, 2.24) is 10.2 Å². The van der Waals surface area contributed by atoms with Crippen LogP contribution in [0, 0.1) is 0 Å². The molecule has 5 heteroatoms. The Morgan fingerprint density at radius 1 is 1.38 bits per heavy atom. The molecule has 2 amide bonds. The molecule has 0 aliphatic carbocycles. The van der Waals surface area contributed by atoms with E-state index in [1.165, 1.54) is 0 Å². The molecule has 108 valence electrons. The molecule has 4 nitrogen and oxygen atoms in total. The fourth-order valence-electron chi connectivity index (χ4n) is 2.80. The molecule has 1 aromatic rings. The number of rotatable bonds is 2. The molecule has 0 aromatic heterocycles. The van der Waals surface area contributed by atoms with Crippen molar-refractivity contribution in [3.05, 3.63) is 57.7 Å². The van der Waals surface area contributed by atoms with Crippen LogP contribution < -0.4 is 5.32 Å². The second-order valence-corrected chi connectivity index (χ2v) is 5.96. The van der Waals surface area contributed by atoms with Gasteiger partial charge in [-0.2, -0.15) is 0 Å². The first-order chi connectivity index (χ1) is 10.1. The molecule has 0 saturated heterocycles. The molecule has 0 fully saturated rings. The van der Waals surface area contributed by atoms with Crippen LogP contribution in [-0.4, -0.2) is 23.3 Å². The third-order valence-electron chi connectivity index (χ3n) is 3.76. The predicted molar refractivity (Wildman–Crippen MR) is 83.6 cm³/mol. The largest absolute Gasteiger partial charge is 0.327 e. The summed E-state index contributed by atoms with van der Waals surface area (Å²) in [5.41, 5.74) is 2.25. The van der Waals surface area contributed by atoms with Gasteiger partial charge in [0.1, 0.15) is 0 Å². The van der Waals surface area contributed by atoms with Gasteiger partial charge in [-0.25, -0.2) is 4.79 Å². The molecule has 0 radical (unpaired) electrons. The number of amides is 2. The Kier molecular flexibility index (Phi) is 3.68. The van der Waals surface area contributed by atoms with Gasteiger partial charge in [0.25, 0.3) is 0 Å². The van der Waals surface area contributed by atoms with Crippen LogP contribution >= 0.6 is 15.9 Å². The van der Waals surface area contributed by atoms with Crippen molar-refractivity contribution in [3.63, 3.8) is 0 Å². The van der Waals surface area contributed by atoms with E-state index in [4.69, 9.17) is 0 Å². The van der Waals surface area contributed by atoms with Crippen molar-refractivity contribution >= 4 is 27.7 Å². The van der Waals surface area contributed by atoms with Gasteiger partial charge < -0.3 is 5.32 Å². The van der Waals surface area contributed by atoms with E-state index in [2.05, 4.69) is 21.2 Å². The number of hydrogen-bond donors (Lipinski definition) is 1. The number of Topliss-reactive ketones (excluding diaryl/α,β-unsaturated/α-hetero) is 1. The maximum atomic E-state index is 12.3. The second-order valence-electron chi connectivity index (χ2n) is 5.10. The number of ketones is 1. The van der Waals surface area contributed by atoms with Gasteiger partial charge in [-0.15, -0.1) is 0 Å². The quantitative estimate of drug-likeness (QED) is 0.892. The Bertz CT molecular complexity index is 679. The number of nitrogens with one attached hydrogen (secondary N) is 1. The molecule has 21 heavy (non-hydrogen) atoms. The van der Waals surface area contributed by atoms with Crippen LogP contribution in [0.2, 0.25) is 0 Å². The lowest BCUT2D eigenvalue weighted by molar-refractivity contribution is -0.114. The van der Waals surface area contributed by atoms with Gasteiger partial charge in [-0.3, -0.25) is 9.69 Å². The molecular formula is C16H15BrN2O2. The van der Waals surface area contributed by atoms with Crippen LogP contribution in [-0.2, 0) is 4.79 Å². The third kappa shape index (κ3) is 2.42. The van der Waals surface area contributed by atoms with Gasteiger partial charge >= 0.3 is 6.03 Å². The Morgan fingerprint density at radius 3 is 2.86 bits per heavy atom. The van der Waals surface area contributed by atoms with Crippen LogP contribution in [0.25, 0.3) is 0 Å². The van der Waals surface area contributed by atoms with Crippen molar-refractivity contribution in [2.75, 3.05) is 6.54 Å². The van der Waals surface area contributed by atoms with Gasteiger partial charge in [-0.1, -0.05) is 40.2 Å². The molecule has 2 aliphatic heterocycles. The zero-order chi connectivity index (χ0) is 15.0. The highest BCUT2D eigenvalue weighted by molar-refractivity contribution is 9.10. The van der Waals surface area contributed by atoms with Gasteiger partial charge in [-0.05, 0) is 31.1 Å². The molecule has 1 unspecified atom stereocenters. The average molecular weight is 347 g/mol. The summed E-state index contributed by atoms with van der Waals surface area (Å²) in [6.45, 7) is 2.15. The summed E-state index contributed by atoms with van der Waals surface area (Å²) in [6, 6.07) is 7.07. The molecule has 0 saturated carbocycles. The molecule has 0 spiro atoms. The minimum absolute atomic E-state index is 0.0256. The molecule has 1 N–H and O–H groups in total. The number of urea groups is 1. The zero-order valence-corrected chi connectivity index (χ0v) is 13.2. The highest BCUT2D eigenvalue weighted by atomic mass is 79.9. The summed E-state index contributed by atoms with van der Waals surface area (Å²) in [4.78, 5) is 26.1. The molecule has 1 atom stereocenters. The molecular weight excluding hydrogens is 332 g/mol. The Morgan fingerprint density at radius 2 is 2.14 bits per heavy atom. The first kappa shape index (κ1) is 14.1. The van der Waals surface area contributed by atoms with Crippen molar-refractivity contribution < 1.29 is 9.59 Å². The normalized spacial score (nSPS) is 21.1. The highest BCUT2D eigenvalue weighted by Crippen LogP contribution is 2.36. The Balaban J connectivity index is 2.18. The number of halogens is 1. The van der Waals surface area contributed by atoms with E-state index >= 15 is 0 Å². The number of nitrogens with zero attached hydrogens (tertiary/aromatic N) is 1. The lowest BCUT2D eigenvalue weighted by Crippen LogP contribution is -2.48.